The predicted molar refractivity (Wildman–Crippen MR) is 71.3 cm³/mol. The van der Waals surface area contributed by atoms with Gasteiger partial charge >= 0.3 is 0 Å². The second-order valence-corrected chi connectivity index (χ2v) is 5.03. The number of aromatic nitrogens is 1. The zero-order valence-corrected chi connectivity index (χ0v) is 11.1. The number of carbonyl (C=O) groups excluding carboxylic acids is 1. The molecule has 2 heterocycles. The maximum absolute atomic E-state index is 12.3. The molecule has 1 aromatic heterocycles. The maximum atomic E-state index is 12.3. The van der Waals surface area contributed by atoms with Crippen LogP contribution in [0.4, 0.5) is 0 Å². The number of carbonyl (C=O) groups is 1. The molecule has 2 atom stereocenters. The van der Waals surface area contributed by atoms with E-state index in [-0.39, 0.29) is 11.8 Å². The molecule has 4 nitrogen and oxygen atoms in total. The smallest absolute Gasteiger partial charge is 0.223 e. The van der Waals surface area contributed by atoms with Gasteiger partial charge in [-0.05, 0) is 30.5 Å². The van der Waals surface area contributed by atoms with Crippen molar-refractivity contribution in [1.82, 2.24) is 15.2 Å². The first-order chi connectivity index (χ1) is 8.68. The first-order valence-electron chi connectivity index (χ1n) is 6.58. The van der Waals surface area contributed by atoms with Crippen molar-refractivity contribution in [3.63, 3.8) is 0 Å². The fraction of sp³-hybridized carbons (Fsp3) is 0.571. The topological polar surface area (TPSA) is 45.2 Å². The van der Waals surface area contributed by atoms with E-state index in [1.807, 2.05) is 17.0 Å². The number of amides is 1. The van der Waals surface area contributed by atoms with Gasteiger partial charge in [-0.3, -0.25) is 9.78 Å². The van der Waals surface area contributed by atoms with Gasteiger partial charge in [0, 0.05) is 44.5 Å². The zero-order valence-electron chi connectivity index (χ0n) is 11.1. The van der Waals surface area contributed by atoms with Crippen LogP contribution in [-0.4, -0.2) is 41.5 Å². The van der Waals surface area contributed by atoms with Crippen LogP contribution in [0.5, 0.6) is 0 Å². The lowest BCUT2D eigenvalue weighted by molar-refractivity contribution is -0.134. The summed E-state index contributed by atoms with van der Waals surface area (Å²) in [7, 11) is 0. The van der Waals surface area contributed by atoms with Gasteiger partial charge < -0.3 is 10.2 Å². The fourth-order valence-corrected chi connectivity index (χ4v) is 2.40. The van der Waals surface area contributed by atoms with E-state index in [9.17, 15) is 4.79 Å². The van der Waals surface area contributed by atoms with Crippen LogP contribution in [0.2, 0.25) is 0 Å². The van der Waals surface area contributed by atoms with E-state index in [0.717, 1.165) is 19.6 Å². The molecule has 0 spiro atoms. The lowest BCUT2D eigenvalue weighted by atomic mass is 9.98. The van der Waals surface area contributed by atoms with Crippen LogP contribution in [-0.2, 0) is 4.79 Å². The molecule has 1 aromatic rings. The fourth-order valence-electron chi connectivity index (χ4n) is 2.40. The zero-order chi connectivity index (χ0) is 13.0. The molecule has 2 rings (SSSR count). The van der Waals surface area contributed by atoms with Crippen LogP contribution in [0.3, 0.4) is 0 Å². The molecule has 1 aliphatic rings. The third kappa shape index (κ3) is 3.07. The minimum Gasteiger partial charge on any atom is -0.337 e. The van der Waals surface area contributed by atoms with E-state index >= 15 is 0 Å². The van der Waals surface area contributed by atoms with Crippen molar-refractivity contribution in [3.05, 3.63) is 30.1 Å². The molecule has 98 valence electrons. The Labute approximate surface area is 108 Å². The average Bonchev–Trinajstić information content (AvgIpc) is 2.40. The van der Waals surface area contributed by atoms with E-state index in [0.29, 0.717) is 12.5 Å². The Bertz CT molecular complexity index is 393. The standard InChI is InChI=1S/C14H21N3O/c1-11(13-3-5-15-6-4-13)9-14(18)17-8-7-16-10-12(17)2/h3-6,11-12,16H,7-10H2,1-2H3/t11-,12-/m1/s1. The summed E-state index contributed by atoms with van der Waals surface area (Å²) in [6, 6.07) is 4.27. The van der Waals surface area contributed by atoms with Crippen molar-refractivity contribution in [2.24, 2.45) is 0 Å². The van der Waals surface area contributed by atoms with Crippen LogP contribution in [0.1, 0.15) is 31.7 Å². The molecular formula is C14H21N3O. The number of rotatable bonds is 3. The first-order valence-corrected chi connectivity index (χ1v) is 6.58. The Kier molecular flexibility index (Phi) is 4.31. The quantitative estimate of drug-likeness (QED) is 0.878. The number of hydrogen-bond donors (Lipinski definition) is 1. The second kappa shape index (κ2) is 5.96. The normalized spacial score (nSPS) is 21.7. The minimum absolute atomic E-state index is 0.252. The molecule has 0 unspecified atom stereocenters. The molecule has 0 saturated carbocycles. The molecule has 1 saturated heterocycles. The number of piperazine rings is 1. The molecule has 0 radical (unpaired) electrons. The van der Waals surface area contributed by atoms with Crippen molar-refractivity contribution in [2.75, 3.05) is 19.6 Å². The van der Waals surface area contributed by atoms with Gasteiger partial charge in [-0.2, -0.15) is 0 Å². The molecular weight excluding hydrogens is 226 g/mol. The summed E-state index contributed by atoms with van der Waals surface area (Å²) in [6.07, 6.45) is 4.14. The number of hydrogen-bond acceptors (Lipinski definition) is 3. The molecule has 1 amide bonds. The van der Waals surface area contributed by atoms with Crippen molar-refractivity contribution in [3.8, 4) is 0 Å². The monoisotopic (exact) mass is 247 g/mol. The lowest BCUT2D eigenvalue weighted by Gasteiger charge is -2.34. The van der Waals surface area contributed by atoms with Gasteiger partial charge in [0.15, 0.2) is 0 Å². The molecule has 1 fully saturated rings. The average molecular weight is 247 g/mol. The SMILES string of the molecule is C[C@H](CC(=O)N1CCNC[C@H]1C)c1ccncc1. The third-order valence-electron chi connectivity index (χ3n) is 3.58. The van der Waals surface area contributed by atoms with Crippen molar-refractivity contribution in [2.45, 2.75) is 32.2 Å². The Balaban J connectivity index is 1.94. The Morgan fingerprint density at radius 3 is 2.94 bits per heavy atom. The van der Waals surface area contributed by atoms with Gasteiger partial charge in [-0.1, -0.05) is 6.92 Å². The van der Waals surface area contributed by atoms with Gasteiger partial charge in [0.25, 0.3) is 0 Å². The number of nitrogens with one attached hydrogen (secondary N) is 1. The molecule has 0 aliphatic carbocycles. The number of nitrogens with zero attached hydrogens (tertiary/aromatic N) is 2. The second-order valence-electron chi connectivity index (χ2n) is 5.03. The van der Waals surface area contributed by atoms with Crippen LogP contribution in [0, 0.1) is 0 Å². The summed E-state index contributed by atoms with van der Waals surface area (Å²) in [6.45, 7) is 6.82. The molecule has 4 heteroatoms. The van der Waals surface area contributed by atoms with Gasteiger partial charge in [0.05, 0.1) is 0 Å². The molecule has 0 aromatic carbocycles. The summed E-state index contributed by atoms with van der Waals surface area (Å²) < 4.78 is 0. The van der Waals surface area contributed by atoms with E-state index < -0.39 is 0 Å². The molecule has 0 bridgehead atoms. The van der Waals surface area contributed by atoms with Crippen LogP contribution in [0.25, 0.3) is 0 Å². The molecule has 18 heavy (non-hydrogen) atoms. The van der Waals surface area contributed by atoms with E-state index in [4.69, 9.17) is 0 Å². The highest BCUT2D eigenvalue weighted by Gasteiger charge is 2.24. The maximum Gasteiger partial charge on any atom is 0.223 e. The van der Waals surface area contributed by atoms with Crippen LogP contribution >= 0.6 is 0 Å². The van der Waals surface area contributed by atoms with Gasteiger partial charge in [-0.15, -0.1) is 0 Å². The van der Waals surface area contributed by atoms with E-state index in [1.165, 1.54) is 5.56 Å². The highest BCUT2D eigenvalue weighted by molar-refractivity contribution is 5.77. The highest BCUT2D eigenvalue weighted by atomic mass is 16.2. The largest absolute Gasteiger partial charge is 0.337 e. The van der Waals surface area contributed by atoms with E-state index in [1.54, 1.807) is 12.4 Å². The Morgan fingerprint density at radius 1 is 1.56 bits per heavy atom. The van der Waals surface area contributed by atoms with Crippen molar-refractivity contribution >= 4 is 5.91 Å². The van der Waals surface area contributed by atoms with Crippen LogP contribution in [0.15, 0.2) is 24.5 Å². The number of pyridine rings is 1. The van der Waals surface area contributed by atoms with Gasteiger partial charge in [0.2, 0.25) is 5.91 Å². The van der Waals surface area contributed by atoms with Crippen molar-refractivity contribution < 1.29 is 4.79 Å². The summed E-state index contributed by atoms with van der Waals surface area (Å²) in [5.41, 5.74) is 1.18. The third-order valence-corrected chi connectivity index (χ3v) is 3.58. The predicted octanol–water partition coefficient (Wildman–Crippen LogP) is 1.40. The molecule has 1 N–H and O–H groups in total. The Morgan fingerprint density at radius 2 is 2.28 bits per heavy atom. The van der Waals surface area contributed by atoms with E-state index in [2.05, 4.69) is 24.1 Å². The molecule has 1 aliphatic heterocycles. The van der Waals surface area contributed by atoms with Crippen LogP contribution < -0.4 is 5.32 Å². The Hall–Kier alpha value is -1.42. The summed E-state index contributed by atoms with van der Waals surface area (Å²) in [4.78, 5) is 18.3. The minimum atomic E-state index is 0.252. The summed E-state index contributed by atoms with van der Waals surface area (Å²) in [5.74, 6) is 0.510. The summed E-state index contributed by atoms with van der Waals surface area (Å²) >= 11 is 0. The highest BCUT2D eigenvalue weighted by Crippen LogP contribution is 2.20. The summed E-state index contributed by atoms with van der Waals surface area (Å²) in [5, 5.41) is 3.30. The van der Waals surface area contributed by atoms with Gasteiger partial charge in [-0.25, -0.2) is 0 Å². The lowest BCUT2D eigenvalue weighted by Crippen LogP contribution is -2.52. The first kappa shape index (κ1) is 13.0. The van der Waals surface area contributed by atoms with Crippen molar-refractivity contribution in [1.29, 1.82) is 0 Å². The van der Waals surface area contributed by atoms with Gasteiger partial charge in [0.1, 0.15) is 0 Å².